The highest BCUT2D eigenvalue weighted by Gasteiger charge is 2.23. The molecule has 0 N–H and O–H groups in total. The first kappa shape index (κ1) is 12.2. The van der Waals surface area contributed by atoms with Crippen molar-refractivity contribution in [3.8, 4) is 0 Å². The molecule has 0 saturated heterocycles. The van der Waals surface area contributed by atoms with Gasteiger partial charge in [-0.1, -0.05) is 18.2 Å². The monoisotopic (exact) mass is 221 g/mol. The van der Waals surface area contributed by atoms with Crippen LogP contribution in [0.2, 0.25) is 0 Å². The number of anilines is 1. The highest BCUT2D eigenvalue weighted by Crippen LogP contribution is 2.19. The third kappa shape index (κ3) is 2.39. The number of hydrogen-bond donors (Lipinski definition) is 0. The average Bonchev–Trinajstić information content (AvgIpc) is 2.31. The molecule has 86 valence electrons. The van der Waals surface area contributed by atoms with Crippen molar-refractivity contribution in [2.75, 3.05) is 18.6 Å². The molecule has 4 heteroatoms. The summed E-state index contributed by atoms with van der Waals surface area (Å²) in [7, 11) is 1.20. The van der Waals surface area contributed by atoms with Crippen molar-refractivity contribution in [3.05, 3.63) is 29.8 Å². The molecule has 0 unspecified atom stereocenters. The third-order valence-electron chi connectivity index (χ3n) is 2.33. The van der Waals surface area contributed by atoms with E-state index in [4.69, 9.17) is 0 Å². The molecule has 0 fully saturated rings. The smallest absolute Gasteiger partial charge is 0.397 e. The maximum absolute atomic E-state index is 11.7. The number of para-hydroxylation sites is 1. The van der Waals surface area contributed by atoms with Gasteiger partial charge in [0.25, 0.3) is 0 Å². The second-order valence-corrected chi connectivity index (χ2v) is 3.33. The van der Waals surface area contributed by atoms with Gasteiger partial charge in [-0.05, 0) is 25.5 Å². The lowest BCUT2D eigenvalue weighted by Crippen LogP contribution is -2.37. The Balaban J connectivity index is 3.04. The summed E-state index contributed by atoms with van der Waals surface area (Å²) in [6.45, 7) is 4.13. The van der Waals surface area contributed by atoms with E-state index in [1.165, 1.54) is 12.0 Å². The minimum absolute atomic E-state index is 0.429. The summed E-state index contributed by atoms with van der Waals surface area (Å²) in [6.07, 6.45) is 0. The fraction of sp³-hybridized carbons (Fsp3) is 0.333. The maximum Gasteiger partial charge on any atom is 0.397 e. The van der Waals surface area contributed by atoms with Gasteiger partial charge in [0.2, 0.25) is 0 Å². The number of aryl methyl sites for hydroxylation is 1. The Morgan fingerprint density at radius 1 is 1.31 bits per heavy atom. The van der Waals surface area contributed by atoms with Gasteiger partial charge in [-0.2, -0.15) is 0 Å². The summed E-state index contributed by atoms with van der Waals surface area (Å²) in [4.78, 5) is 24.3. The standard InChI is InChI=1S/C12H15NO3/c1-4-13(11(14)12(15)16-3)10-8-6-5-7-9(10)2/h5-8H,4H2,1-3H3. The first-order valence-electron chi connectivity index (χ1n) is 5.07. The van der Waals surface area contributed by atoms with Gasteiger partial charge in [-0.25, -0.2) is 4.79 Å². The number of rotatable bonds is 2. The van der Waals surface area contributed by atoms with E-state index < -0.39 is 11.9 Å². The van der Waals surface area contributed by atoms with E-state index in [1.54, 1.807) is 6.07 Å². The molecule has 0 atom stereocenters. The van der Waals surface area contributed by atoms with Gasteiger partial charge in [0.15, 0.2) is 0 Å². The van der Waals surface area contributed by atoms with E-state index in [9.17, 15) is 9.59 Å². The van der Waals surface area contributed by atoms with Crippen LogP contribution in [0.1, 0.15) is 12.5 Å². The number of hydrogen-bond acceptors (Lipinski definition) is 3. The second-order valence-electron chi connectivity index (χ2n) is 3.33. The zero-order valence-electron chi connectivity index (χ0n) is 9.69. The lowest BCUT2D eigenvalue weighted by Gasteiger charge is -2.21. The van der Waals surface area contributed by atoms with Crippen LogP contribution >= 0.6 is 0 Å². The highest BCUT2D eigenvalue weighted by molar-refractivity contribution is 6.38. The number of benzene rings is 1. The normalized spacial score (nSPS) is 9.69. The number of nitrogens with zero attached hydrogens (tertiary/aromatic N) is 1. The van der Waals surface area contributed by atoms with E-state index >= 15 is 0 Å². The van der Waals surface area contributed by atoms with Crippen LogP contribution in [0.3, 0.4) is 0 Å². The van der Waals surface area contributed by atoms with E-state index in [0.717, 1.165) is 11.3 Å². The molecule has 0 aliphatic rings. The predicted octanol–water partition coefficient (Wildman–Crippen LogP) is 1.52. The van der Waals surface area contributed by atoms with Crippen molar-refractivity contribution < 1.29 is 14.3 Å². The van der Waals surface area contributed by atoms with Crippen LogP contribution in [0.4, 0.5) is 5.69 Å². The summed E-state index contributed by atoms with van der Waals surface area (Å²) in [5, 5.41) is 0. The summed E-state index contributed by atoms with van der Waals surface area (Å²) in [5.41, 5.74) is 1.68. The van der Waals surface area contributed by atoms with Gasteiger partial charge in [0, 0.05) is 12.2 Å². The fourth-order valence-electron chi connectivity index (χ4n) is 1.49. The second kappa shape index (κ2) is 5.30. The SMILES string of the molecule is CCN(C(=O)C(=O)OC)c1ccccc1C. The summed E-state index contributed by atoms with van der Waals surface area (Å²) >= 11 is 0. The quantitative estimate of drug-likeness (QED) is 0.562. The van der Waals surface area contributed by atoms with Crippen molar-refractivity contribution in [3.63, 3.8) is 0 Å². The number of likely N-dealkylation sites (N-methyl/N-ethyl adjacent to an activating group) is 1. The summed E-state index contributed by atoms with van der Waals surface area (Å²) < 4.78 is 4.43. The van der Waals surface area contributed by atoms with E-state index in [-0.39, 0.29) is 0 Å². The molecule has 0 heterocycles. The average molecular weight is 221 g/mol. The molecule has 0 aromatic heterocycles. The van der Waals surface area contributed by atoms with Crippen LogP contribution in [0, 0.1) is 6.92 Å². The molecule has 1 aromatic carbocycles. The Labute approximate surface area is 94.8 Å². The number of carbonyl (C=O) groups excluding carboxylic acids is 2. The highest BCUT2D eigenvalue weighted by atomic mass is 16.5. The zero-order chi connectivity index (χ0) is 12.1. The van der Waals surface area contributed by atoms with Crippen LogP contribution < -0.4 is 4.90 Å². The Bertz CT molecular complexity index is 401. The molecule has 0 radical (unpaired) electrons. The van der Waals surface area contributed by atoms with Gasteiger partial charge in [0.1, 0.15) is 0 Å². The topological polar surface area (TPSA) is 46.6 Å². The molecule has 0 spiro atoms. The Hall–Kier alpha value is -1.84. The van der Waals surface area contributed by atoms with Crippen molar-refractivity contribution in [1.82, 2.24) is 0 Å². The van der Waals surface area contributed by atoms with Crippen LogP contribution in [0.5, 0.6) is 0 Å². The Morgan fingerprint density at radius 2 is 1.94 bits per heavy atom. The molecule has 1 aromatic rings. The van der Waals surface area contributed by atoms with Crippen LogP contribution in [0.15, 0.2) is 24.3 Å². The van der Waals surface area contributed by atoms with Gasteiger partial charge < -0.3 is 9.64 Å². The molecular weight excluding hydrogens is 206 g/mol. The van der Waals surface area contributed by atoms with Crippen molar-refractivity contribution in [2.45, 2.75) is 13.8 Å². The lowest BCUT2D eigenvalue weighted by atomic mass is 10.2. The molecule has 4 nitrogen and oxygen atoms in total. The van der Waals surface area contributed by atoms with Crippen molar-refractivity contribution in [1.29, 1.82) is 0 Å². The Morgan fingerprint density at radius 3 is 2.44 bits per heavy atom. The first-order chi connectivity index (χ1) is 7.61. The predicted molar refractivity (Wildman–Crippen MR) is 61.2 cm³/mol. The largest absolute Gasteiger partial charge is 0.462 e. The van der Waals surface area contributed by atoms with Gasteiger partial charge in [-0.15, -0.1) is 0 Å². The molecular formula is C12H15NO3. The molecule has 16 heavy (non-hydrogen) atoms. The maximum atomic E-state index is 11.7. The Kier molecular flexibility index (Phi) is 4.05. The third-order valence-corrected chi connectivity index (χ3v) is 2.33. The number of ether oxygens (including phenoxy) is 1. The molecule has 0 aliphatic heterocycles. The lowest BCUT2D eigenvalue weighted by molar-refractivity contribution is -0.151. The summed E-state index contributed by atoms with van der Waals surface area (Å²) in [6, 6.07) is 7.41. The number of amides is 1. The molecule has 1 amide bonds. The minimum atomic E-state index is -0.842. The van der Waals surface area contributed by atoms with Crippen molar-refractivity contribution in [2.24, 2.45) is 0 Å². The number of methoxy groups -OCH3 is 1. The molecule has 0 bridgehead atoms. The van der Waals surface area contributed by atoms with E-state index in [0.29, 0.717) is 6.54 Å². The first-order valence-corrected chi connectivity index (χ1v) is 5.07. The zero-order valence-corrected chi connectivity index (χ0v) is 9.69. The fourth-order valence-corrected chi connectivity index (χ4v) is 1.49. The number of esters is 1. The van der Waals surface area contributed by atoms with Crippen LogP contribution in [0.25, 0.3) is 0 Å². The van der Waals surface area contributed by atoms with Crippen LogP contribution in [-0.2, 0) is 14.3 Å². The van der Waals surface area contributed by atoms with Gasteiger partial charge in [-0.3, -0.25) is 4.79 Å². The molecule has 1 rings (SSSR count). The number of carbonyl (C=O) groups is 2. The van der Waals surface area contributed by atoms with Crippen molar-refractivity contribution >= 4 is 17.6 Å². The minimum Gasteiger partial charge on any atom is -0.462 e. The summed E-state index contributed by atoms with van der Waals surface area (Å²) in [5.74, 6) is -1.48. The van der Waals surface area contributed by atoms with E-state index in [1.807, 2.05) is 32.0 Å². The molecule has 0 aliphatic carbocycles. The van der Waals surface area contributed by atoms with Gasteiger partial charge >= 0.3 is 11.9 Å². The molecule has 0 saturated carbocycles. The van der Waals surface area contributed by atoms with Gasteiger partial charge in [0.05, 0.1) is 7.11 Å². The van der Waals surface area contributed by atoms with Crippen LogP contribution in [-0.4, -0.2) is 25.5 Å². The van der Waals surface area contributed by atoms with E-state index in [2.05, 4.69) is 4.74 Å².